The molecule has 2 amide bonds. The van der Waals surface area contributed by atoms with E-state index in [2.05, 4.69) is 15.6 Å². The zero-order valence-electron chi connectivity index (χ0n) is 14.3. The molecule has 0 radical (unpaired) electrons. The minimum atomic E-state index is -0.800. The Bertz CT molecular complexity index is 649. The second-order valence-electron chi connectivity index (χ2n) is 5.46. The Morgan fingerprint density at radius 2 is 2.00 bits per heavy atom. The van der Waals surface area contributed by atoms with Gasteiger partial charge in [-0.05, 0) is 18.6 Å². The van der Waals surface area contributed by atoms with Gasteiger partial charge in [-0.3, -0.25) is 0 Å². The number of anilines is 1. The molecule has 1 aromatic heterocycles. The number of benzene rings is 1. The lowest BCUT2D eigenvalue weighted by atomic mass is 10.1. The molecular formula is C18H23N3O4. The molecule has 1 aromatic carbocycles. The van der Waals surface area contributed by atoms with E-state index in [1.54, 1.807) is 12.1 Å². The first-order chi connectivity index (χ1) is 12.1. The standard InChI is InChI=1S/C18H23N3O4/c1-13(14-6-4-3-5-7-14)25-12-16(22)11-20-18(23)21-15-8-9-17(24-2)19-10-15/h3-10,13,16,22H,11-12H2,1-2H3,(H2,20,21,23)/t13-,16+/m1/s1. The van der Waals surface area contributed by atoms with E-state index in [0.717, 1.165) is 5.56 Å². The van der Waals surface area contributed by atoms with Gasteiger partial charge in [0.2, 0.25) is 5.88 Å². The highest BCUT2D eigenvalue weighted by Crippen LogP contribution is 2.15. The zero-order valence-corrected chi connectivity index (χ0v) is 14.3. The molecule has 2 rings (SSSR count). The fourth-order valence-electron chi connectivity index (χ4n) is 2.10. The van der Waals surface area contributed by atoms with Crippen LogP contribution in [0.3, 0.4) is 0 Å². The van der Waals surface area contributed by atoms with Gasteiger partial charge in [0.05, 0.1) is 37.8 Å². The van der Waals surface area contributed by atoms with E-state index in [0.29, 0.717) is 11.6 Å². The van der Waals surface area contributed by atoms with Crippen LogP contribution in [0, 0.1) is 0 Å². The fraction of sp³-hybridized carbons (Fsp3) is 0.333. The summed E-state index contributed by atoms with van der Waals surface area (Å²) in [5.41, 5.74) is 1.56. The minimum absolute atomic E-state index is 0.0803. The molecule has 0 aliphatic rings. The number of aliphatic hydroxyl groups excluding tert-OH is 1. The van der Waals surface area contributed by atoms with Crippen molar-refractivity contribution in [2.75, 3.05) is 25.6 Å². The van der Waals surface area contributed by atoms with E-state index >= 15 is 0 Å². The summed E-state index contributed by atoms with van der Waals surface area (Å²) in [5, 5.41) is 15.1. The number of methoxy groups -OCH3 is 1. The van der Waals surface area contributed by atoms with Gasteiger partial charge in [-0.1, -0.05) is 30.3 Å². The van der Waals surface area contributed by atoms with Crippen molar-refractivity contribution in [2.45, 2.75) is 19.1 Å². The summed E-state index contributed by atoms with van der Waals surface area (Å²) in [7, 11) is 1.52. The van der Waals surface area contributed by atoms with Crippen molar-refractivity contribution in [3.63, 3.8) is 0 Å². The van der Waals surface area contributed by atoms with Crippen LogP contribution in [-0.2, 0) is 4.74 Å². The summed E-state index contributed by atoms with van der Waals surface area (Å²) in [5.74, 6) is 0.464. The molecule has 2 atom stereocenters. The number of aromatic nitrogens is 1. The molecule has 7 nitrogen and oxygen atoms in total. The van der Waals surface area contributed by atoms with Crippen molar-refractivity contribution >= 4 is 11.7 Å². The van der Waals surface area contributed by atoms with Gasteiger partial charge in [-0.2, -0.15) is 0 Å². The molecule has 0 unspecified atom stereocenters. The first kappa shape index (κ1) is 18.7. The van der Waals surface area contributed by atoms with Gasteiger partial charge in [0.25, 0.3) is 0 Å². The van der Waals surface area contributed by atoms with Crippen LogP contribution in [0.15, 0.2) is 48.7 Å². The molecule has 0 saturated heterocycles. The lowest BCUT2D eigenvalue weighted by Crippen LogP contribution is -2.37. The smallest absolute Gasteiger partial charge is 0.319 e. The molecule has 1 heterocycles. The molecule has 2 aromatic rings. The highest BCUT2D eigenvalue weighted by atomic mass is 16.5. The normalized spacial score (nSPS) is 12.9. The van der Waals surface area contributed by atoms with Gasteiger partial charge in [0, 0.05) is 12.6 Å². The van der Waals surface area contributed by atoms with E-state index in [1.165, 1.54) is 13.3 Å². The Labute approximate surface area is 147 Å². The van der Waals surface area contributed by atoms with E-state index in [4.69, 9.17) is 9.47 Å². The van der Waals surface area contributed by atoms with Crippen LogP contribution in [-0.4, -0.2) is 42.5 Å². The second-order valence-corrected chi connectivity index (χ2v) is 5.46. The minimum Gasteiger partial charge on any atom is -0.481 e. The Balaban J connectivity index is 1.68. The highest BCUT2D eigenvalue weighted by molar-refractivity contribution is 5.89. The number of hydrogen-bond donors (Lipinski definition) is 3. The van der Waals surface area contributed by atoms with Crippen molar-refractivity contribution in [1.29, 1.82) is 0 Å². The molecule has 0 fully saturated rings. The number of carbonyl (C=O) groups excluding carboxylic acids is 1. The number of amides is 2. The van der Waals surface area contributed by atoms with Crippen molar-refractivity contribution in [2.24, 2.45) is 0 Å². The van der Waals surface area contributed by atoms with E-state index in [-0.39, 0.29) is 19.3 Å². The fourth-order valence-corrected chi connectivity index (χ4v) is 2.10. The monoisotopic (exact) mass is 345 g/mol. The van der Waals surface area contributed by atoms with Gasteiger partial charge in [-0.15, -0.1) is 0 Å². The number of hydrogen-bond acceptors (Lipinski definition) is 5. The summed E-state index contributed by atoms with van der Waals surface area (Å²) in [6.07, 6.45) is 0.556. The third kappa shape index (κ3) is 6.40. The molecule has 0 spiro atoms. The molecule has 0 aliphatic heterocycles. The molecule has 134 valence electrons. The Morgan fingerprint density at radius 1 is 1.24 bits per heavy atom. The molecule has 0 bridgehead atoms. The number of carbonyl (C=O) groups is 1. The van der Waals surface area contributed by atoms with Crippen LogP contribution in [0.2, 0.25) is 0 Å². The third-order valence-corrected chi connectivity index (χ3v) is 3.51. The van der Waals surface area contributed by atoms with Gasteiger partial charge < -0.3 is 25.2 Å². The van der Waals surface area contributed by atoms with Crippen molar-refractivity contribution < 1.29 is 19.4 Å². The molecule has 0 aliphatic carbocycles. The predicted octanol–water partition coefficient (Wildman–Crippen LogP) is 2.35. The maximum absolute atomic E-state index is 11.8. The van der Waals surface area contributed by atoms with Gasteiger partial charge in [0.1, 0.15) is 0 Å². The molecule has 25 heavy (non-hydrogen) atoms. The van der Waals surface area contributed by atoms with Gasteiger partial charge in [-0.25, -0.2) is 9.78 Å². The van der Waals surface area contributed by atoms with Crippen molar-refractivity contribution in [3.8, 4) is 5.88 Å². The van der Waals surface area contributed by atoms with E-state index < -0.39 is 12.1 Å². The molecular weight excluding hydrogens is 322 g/mol. The average molecular weight is 345 g/mol. The first-order valence-electron chi connectivity index (χ1n) is 7.98. The largest absolute Gasteiger partial charge is 0.481 e. The van der Waals surface area contributed by atoms with Crippen LogP contribution >= 0.6 is 0 Å². The highest BCUT2D eigenvalue weighted by Gasteiger charge is 2.11. The molecule has 7 heteroatoms. The quantitative estimate of drug-likeness (QED) is 0.683. The lowest BCUT2D eigenvalue weighted by Gasteiger charge is -2.17. The Kier molecular flexibility index (Phi) is 7.18. The summed E-state index contributed by atoms with van der Waals surface area (Å²) >= 11 is 0. The van der Waals surface area contributed by atoms with Crippen LogP contribution < -0.4 is 15.4 Å². The summed E-state index contributed by atoms with van der Waals surface area (Å²) in [6, 6.07) is 12.6. The summed E-state index contributed by atoms with van der Waals surface area (Å²) in [4.78, 5) is 15.8. The number of aliphatic hydroxyl groups is 1. The van der Waals surface area contributed by atoms with E-state index in [9.17, 15) is 9.90 Å². The van der Waals surface area contributed by atoms with Crippen LogP contribution in [0.25, 0.3) is 0 Å². The number of pyridine rings is 1. The van der Waals surface area contributed by atoms with Gasteiger partial charge in [0.15, 0.2) is 0 Å². The van der Waals surface area contributed by atoms with Crippen molar-refractivity contribution in [3.05, 3.63) is 54.2 Å². The molecule has 0 saturated carbocycles. The third-order valence-electron chi connectivity index (χ3n) is 3.51. The summed E-state index contributed by atoms with van der Waals surface area (Å²) in [6.45, 7) is 2.12. The maximum atomic E-state index is 11.8. The van der Waals surface area contributed by atoms with Gasteiger partial charge >= 0.3 is 6.03 Å². The topological polar surface area (TPSA) is 92.7 Å². The van der Waals surface area contributed by atoms with Crippen molar-refractivity contribution in [1.82, 2.24) is 10.3 Å². The number of rotatable bonds is 8. The Morgan fingerprint density at radius 3 is 2.64 bits per heavy atom. The van der Waals surface area contributed by atoms with Crippen LogP contribution in [0.5, 0.6) is 5.88 Å². The predicted molar refractivity (Wildman–Crippen MR) is 94.6 cm³/mol. The number of nitrogens with one attached hydrogen (secondary N) is 2. The first-order valence-corrected chi connectivity index (χ1v) is 7.98. The second kappa shape index (κ2) is 9.61. The van der Waals surface area contributed by atoms with Crippen LogP contribution in [0.1, 0.15) is 18.6 Å². The van der Waals surface area contributed by atoms with E-state index in [1.807, 2.05) is 37.3 Å². The summed E-state index contributed by atoms with van der Waals surface area (Å²) < 4.78 is 10.6. The number of urea groups is 1. The molecule has 3 N–H and O–H groups in total. The maximum Gasteiger partial charge on any atom is 0.319 e. The zero-order chi connectivity index (χ0) is 18.1. The number of nitrogens with zero attached hydrogens (tertiary/aromatic N) is 1. The SMILES string of the molecule is COc1ccc(NC(=O)NC[C@H](O)CO[C@H](C)c2ccccc2)cn1. The number of ether oxygens (including phenoxy) is 2. The Hall–Kier alpha value is -2.64. The average Bonchev–Trinajstić information content (AvgIpc) is 2.65. The van der Waals surface area contributed by atoms with Crippen LogP contribution in [0.4, 0.5) is 10.5 Å². The lowest BCUT2D eigenvalue weighted by molar-refractivity contribution is -0.000953.